The topological polar surface area (TPSA) is 73.9 Å². The number of hydrogen-bond acceptors (Lipinski definition) is 6. The number of hydrogen-bond donors (Lipinski definition) is 1. The van der Waals surface area contributed by atoms with Crippen LogP contribution >= 0.6 is 0 Å². The summed E-state index contributed by atoms with van der Waals surface area (Å²) in [6, 6.07) is 12.9. The second-order valence-electron chi connectivity index (χ2n) is 6.32. The number of methoxy groups -OCH3 is 2. The van der Waals surface area contributed by atoms with Crippen LogP contribution in [0.3, 0.4) is 0 Å². The smallest absolute Gasteiger partial charge is 0.179 e. The first-order valence-corrected chi connectivity index (χ1v) is 10.6. The molecule has 0 heterocycles. The Hall–Kier alpha value is -2.25. The van der Waals surface area contributed by atoms with Gasteiger partial charge in [-0.15, -0.1) is 0 Å². The molecule has 0 saturated heterocycles. The molecule has 0 aliphatic heterocycles. The van der Waals surface area contributed by atoms with Crippen LogP contribution in [0.2, 0.25) is 0 Å². The van der Waals surface area contributed by atoms with E-state index in [9.17, 15) is 8.42 Å². The van der Waals surface area contributed by atoms with Gasteiger partial charge in [-0.2, -0.15) is 0 Å². The number of nitrogens with one attached hydrogen (secondary N) is 1. The molecular weight excluding hydrogens is 366 g/mol. The highest BCUT2D eigenvalue weighted by molar-refractivity contribution is 7.90. The second kappa shape index (κ2) is 9.62. The number of ether oxygens (including phenoxy) is 3. The van der Waals surface area contributed by atoms with Gasteiger partial charge in [0.25, 0.3) is 0 Å². The molecule has 0 saturated carbocycles. The lowest BCUT2D eigenvalue weighted by molar-refractivity contribution is 0.287. The molecule has 2 rings (SSSR count). The molecule has 0 amide bonds. The van der Waals surface area contributed by atoms with Gasteiger partial charge in [-0.25, -0.2) is 8.42 Å². The maximum absolute atomic E-state index is 11.9. The number of benzene rings is 2. The highest BCUT2D eigenvalue weighted by atomic mass is 32.2. The summed E-state index contributed by atoms with van der Waals surface area (Å²) in [7, 11) is -0.258. The Morgan fingerprint density at radius 1 is 1.00 bits per heavy atom. The van der Waals surface area contributed by atoms with Crippen LogP contribution in [-0.4, -0.2) is 48.1 Å². The van der Waals surface area contributed by atoms with Gasteiger partial charge in [0.2, 0.25) is 0 Å². The van der Waals surface area contributed by atoms with Crippen molar-refractivity contribution in [2.45, 2.75) is 24.3 Å². The molecule has 27 heavy (non-hydrogen) atoms. The van der Waals surface area contributed by atoms with Gasteiger partial charge >= 0.3 is 0 Å². The van der Waals surface area contributed by atoms with E-state index in [0.29, 0.717) is 36.8 Å². The van der Waals surface area contributed by atoms with Crippen molar-refractivity contribution in [3.05, 3.63) is 48.0 Å². The minimum absolute atomic E-state index is 0.159. The van der Waals surface area contributed by atoms with Crippen LogP contribution < -0.4 is 19.5 Å². The quantitative estimate of drug-likeness (QED) is 0.626. The first-order valence-electron chi connectivity index (χ1n) is 8.71. The molecule has 2 aromatic rings. The average molecular weight is 394 g/mol. The van der Waals surface area contributed by atoms with Gasteiger partial charge in [0.1, 0.15) is 17.3 Å². The van der Waals surface area contributed by atoms with E-state index >= 15 is 0 Å². The van der Waals surface area contributed by atoms with Crippen molar-refractivity contribution in [3.8, 4) is 17.2 Å². The van der Waals surface area contributed by atoms with E-state index in [4.69, 9.17) is 14.2 Å². The fourth-order valence-corrected chi connectivity index (χ4v) is 3.65. The predicted octanol–water partition coefficient (Wildman–Crippen LogP) is 2.71. The third-order valence-electron chi connectivity index (χ3n) is 4.09. The third-order valence-corrected chi connectivity index (χ3v) is 5.21. The summed E-state index contributed by atoms with van der Waals surface area (Å²) in [6.07, 6.45) is 1.88. The van der Waals surface area contributed by atoms with Crippen molar-refractivity contribution in [1.29, 1.82) is 0 Å². The molecule has 1 unspecified atom stereocenters. The Morgan fingerprint density at radius 2 is 1.67 bits per heavy atom. The van der Waals surface area contributed by atoms with Crippen LogP contribution in [0.15, 0.2) is 47.4 Å². The minimum atomic E-state index is -3.34. The molecule has 1 N–H and O–H groups in total. The van der Waals surface area contributed by atoms with Gasteiger partial charge in [-0.3, -0.25) is 0 Å². The maximum Gasteiger partial charge on any atom is 0.179 e. The Morgan fingerprint density at radius 3 is 2.30 bits per heavy atom. The van der Waals surface area contributed by atoms with Crippen LogP contribution in [0.1, 0.15) is 12.5 Å². The van der Waals surface area contributed by atoms with Gasteiger partial charge in [0.05, 0.1) is 14.2 Å². The summed E-state index contributed by atoms with van der Waals surface area (Å²) in [5.41, 5.74) is 0.932. The highest BCUT2D eigenvalue weighted by Gasteiger charge is 2.15. The molecule has 1 atom stereocenters. The first-order chi connectivity index (χ1) is 12.8. The second-order valence-corrected chi connectivity index (χ2v) is 8.30. The molecule has 0 aliphatic carbocycles. The van der Waals surface area contributed by atoms with Crippen LogP contribution in [0.25, 0.3) is 0 Å². The standard InChI is InChI=1S/C20H27NO5S/c1-15(21-11-12-26-18-8-6-5-7-17(18)24-2)13-16-9-10-19(25-3)20(14-16)27(4,22)23/h5-10,14-15,21H,11-13H2,1-4H3. The van der Waals surface area contributed by atoms with Gasteiger partial charge in [0, 0.05) is 18.8 Å². The van der Waals surface area contributed by atoms with Crippen molar-refractivity contribution in [1.82, 2.24) is 5.32 Å². The summed E-state index contributed by atoms with van der Waals surface area (Å²) in [6.45, 7) is 3.21. The maximum atomic E-state index is 11.9. The van der Waals surface area contributed by atoms with E-state index in [1.807, 2.05) is 37.3 Å². The Labute approximate surface area is 161 Å². The lowest BCUT2D eigenvalue weighted by atomic mass is 10.1. The SMILES string of the molecule is COc1ccccc1OCCNC(C)Cc1ccc(OC)c(S(C)(=O)=O)c1. The predicted molar refractivity (Wildman–Crippen MR) is 106 cm³/mol. The minimum Gasteiger partial charge on any atom is -0.495 e. The van der Waals surface area contributed by atoms with Crippen molar-refractivity contribution < 1.29 is 22.6 Å². The van der Waals surface area contributed by atoms with Gasteiger partial charge in [0.15, 0.2) is 21.3 Å². The lowest BCUT2D eigenvalue weighted by Crippen LogP contribution is -2.31. The van der Waals surface area contributed by atoms with Crippen molar-refractivity contribution >= 4 is 9.84 Å². The van der Waals surface area contributed by atoms with Crippen LogP contribution in [0, 0.1) is 0 Å². The van der Waals surface area contributed by atoms with E-state index in [2.05, 4.69) is 5.32 Å². The van der Waals surface area contributed by atoms with Gasteiger partial charge in [-0.05, 0) is 43.2 Å². The van der Waals surface area contributed by atoms with Gasteiger partial charge in [-0.1, -0.05) is 18.2 Å². The fourth-order valence-electron chi connectivity index (χ4n) is 2.77. The molecule has 0 spiro atoms. The van der Waals surface area contributed by atoms with Crippen molar-refractivity contribution in [3.63, 3.8) is 0 Å². The molecule has 0 aliphatic rings. The largest absolute Gasteiger partial charge is 0.495 e. The van der Waals surface area contributed by atoms with Crippen LogP contribution in [-0.2, 0) is 16.3 Å². The molecule has 0 aromatic heterocycles. The summed E-state index contributed by atoms with van der Waals surface area (Å²) < 4.78 is 40.0. The molecule has 2 aromatic carbocycles. The summed E-state index contributed by atoms with van der Waals surface area (Å²) in [5, 5.41) is 3.38. The molecule has 0 bridgehead atoms. The molecule has 0 fully saturated rings. The molecule has 7 heteroatoms. The summed E-state index contributed by atoms with van der Waals surface area (Å²) in [5.74, 6) is 1.78. The average Bonchev–Trinajstić information content (AvgIpc) is 2.64. The van der Waals surface area contributed by atoms with Crippen molar-refractivity contribution in [2.75, 3.05) is 33.6 Å². The molecule has 0 radical (unpaired) electrons. The molecule has 148 valence electrons. The zero-order chi connectivity index (χ0) is 19.9. The number of para-hydroxylation sites is 2. The zero-order valence-corrected chi connectivity index (χ0v) is 17.0. The van der Waals surface area contributed by atoms with E-state index in [1.165, 1.54) is 13.4 Å². The Bertz CT molecular complexity index is 851. The van der Waals surface area contributed by atoms with E-state index in [1.54, 1.807) is 19.2 Å². The monoisotopic (exact) mass is 393 g/mol. The summed E-state index contributed by atoms with van der Waals surface area (Å²) in [4.78, 5) is 0.217. The zero-order valence-electron chi connectivity index (χ0n) is 16.2. The van der Waals surface area contributed by atoms with Crippen molar-refractivity contribution in [2.24, 2.45) is 0 Å². The van der Waals surface area contributed by atoms with Gasteiger partial charge < -0.3 is 19.5 Å². The first kappa shape index (κ1) is 21.1. The van der Waals surface area contributed by atoms with E-state index < -0.39 is 9.84 Å². The molecule has 6 nitrogen and oxygen atoms in total. The molecular formula is C20H27NO5S. The lowest BCUT2D eigenvalue weighted by Gasteiger charge is -2.16. The Kier molecular flexibility index (Phi) is 7.50. The van der Waals surface area contributed by atoms with Crippen LogP contribution in [0.5, 0.6) is 17.2 Å². The third kappa shape index (κ3) is 6.15. The number of rotatable bonds is 10. The van der Waals surface area contributed by atoms with E-state index in [-0.39, 0.29) is 10.9 Å². The highest BCUT2D eigenvalue weighted by Crippen LogP contribution is 2.26. The van der Waals surface area contributed by atoms with E-state index in [0.717, 1.165) is 5.56 Å². The normalized spacial score (nSPS) is 12.4. The number of sulfone groups is 1. The fraction of sp³-hybridized carbons (Fsp3) is 0.400. The summed E-state index contributed by atoms with van der Waals surface area (Å²) >= 11 is 0. The van der Waals surface area contributed by atoms with Crippen LogP contribution in [0.4, 0.5) is 0 Å². The Balaban J connectivity index is 1.88.